The fraction of sp³-hybridized carbons (Fsp3) is 0.600. The third-order valence-corrected chi connectivity index (χ3v) is 4.80. The summed E-state index contributed by atoms with van der Waals surface area (Å²) in [7, 11) is 2.30. The molecule has 0 bridgehead atoms. The van der Waals surface area contributed by atoms with Gasteiger partial charge in [-0.05, 0) is 55.8 Å². The van der Waals surface area contributed by atoms with E-state index < -0.39 is 0 Å². The van der Waals surface area contributed by atoms with Crippen LogP contribution in [0, 0.1) is 5.41 Å². The molecule has 1 aromatic rings. The van der Waals surface area contributed by atoms with Gasteiger partial charge in [0, 0.05) is 6.04 Å². The van der Waals surface area contributed by atoms with E-state index in [-0.39, 0.29) is 0 Å². The first-order chi connectivity index (χ1) is 7.77. The molecule has 0 saturated carbocycles. The number of fused-ring (bicyclic) bond motifs is 3. The van der Waals surface area contributed by atoms with E-state index in [0.29, 0.717) is 11.5 Å². The van der Waals surface area contributed by atoms with Crippen LogP contribution in [0.3, 0.4) is 0 Å². The Labute approximate surface area is 98.5 Å². The molecular weight excluding hydrogens is 194 g/mol. The number of benzene rings is 1. The maximum Gasteiger partial charge on any atom is 0.0407 e. The molecule has 1 saturated heterocycles. The highest BCUT2D eigenvalue weighted by molar-refractivity contribution is 5.38. The Hall–Kier alpha value is -0.820. The highest BCUT2D eigenvalue weighted by Gasteiger charge is 2.47. The average Bonchev–Trinajstić information content (AvgIpc) is 2.65. The lowest BCUT2D eigenvalue weighted by molar-refractivity contribution is 0.0404. The maximum atomic E-state index is 2.58. The number of rotatable bonds is 1. The number of nitrogens with zero attached hydrogens (tertiary/aromatic N) is 1. The molecule has 0 radical (unpaired) electrons. The predicted molar refractivity (Wildman–Crippen MR) is 67.5 cm³/mol. The van der Waals surface area contributed by atoms with Crippen molar-refractivity contribution in [2.45, 2.75) is 38.6 Å². The van der Waals surface area contributed by atoms with Crippen molar-refractivity contribution < 1.29 is 0 Å². The van der Waals surface area contributed by atoms with E-state index in [2.05, 4.69) is 43.1 Å². The lowest BCUT2D eigenvalue weighted by Crippen LogP contribution is -2.41. The van der Waals surface area contributed by atoms with Crippen molar-refractivity contribution in [3.8, 4) is 0 Å². The van der Waals surface area contributed by atoms with Crippen LogP contribution in [0.2, 0.25) is 0 Å². The van der Waals surface area contributed by atoms with Crippen LogP contribution in [-0.2, 0) is 6.42 Å². The van der Waals surface area contributed by atoms with Gasteiger partial charge in [-0.3, -0.25) is 4.90 Å². The first-order valence-corrected chi connectivity index (χ1v) is 6.55. The molecule has 1 heterocycles. The van der Waals surface area contributed by atoms with Crippen LogP contribution < -0.4 is 0 Å². The Balaban J connectivity index is 2.09. The normalized spacial score (nSPS) is 33.5. The van der Waals surface area contributed by atoms with Crippen molar-refractivity contribution in [1.29, 1.82) is 0 Å². The van der Waals surface area contributed by atoms with Gasteiger partial charge in [0.2, 0.25) is 0 Å². The molecule has 1 aliphatic heterocycles. The van der Waals surface area contributed by atoms with Crippen molar-refractivity contribution in [3.05, 3.63) is 35.4 Å². The molecule has 0 N–H and O–H groups in total. The van der Waals surface area contributed by atoms with E-state index in [1.807, 2.05) is 0 Å². The predicted octanol–water partition coefficient (Wildman–Crippen LogP) is 3.41. The third kappa shape index (κ3) is 1.27. The van der Waals surface area contributed by atoms with E-state index in [1.165, 1.54) is 32.2 Å². The molecule has 0 amide bonds. The second kappa shape index (κ2) is 3.59. The van der Waals surface area contributed by atoms with Gasteiger partial charge in [0.05, 0.1) is 0 Å². The molecule has 1 aliphatic carbocycles. The van der Waals surface area contributed by atoms with E-state index in [9.17, 15) is 0 Å². The lowest BCUT2D eigenvalue weighted by Gasteiger charge is -2.45. The summed E-state index contributed by atoms with van der Waals surface area (Å²) in [5, 5.41) is 0. The highest BCUT2D eigenvalue weighted by atomic mass is 15.2. The first-order valence-electron chi connectivity index (χ1n) is 6.55. The van der Waals surface area contributed by atoms with Crippen LogP contribution in [0.1, 0.15) is 43.4 Å². The van der Waals surface area contributed by atoms with Crippen molar-refractivity contribution >= 4 is 0 Å². The molecule has 1 aromatic carbocycles. The largest absolute Gasteiger partial charge is 0.299 e. The minimum Gasteiger partial charge on any atom is -0.299 e. The van der Waals surface area contributed by atoms with E-state index in [4.69, 9.17) is 0 Å². The molecular formula is C15H21N. The zero-order valence-corrected chi connectivity index (χ0v) is 10.4. The molecule has 0 spiro atoms. The van der Waals surface area contributed by atoms with Gasteiger partial charge in [0.25, 0.3) is 0 Å². The topological polar surface area (TPSA) is 3.24 Å². The van der Waals surface area contributed by atoms with Crippen molar-refractivity contribution in [2.75, 3.05) is 13.6 Å². The summed E-state index contributed by atoms with van der Waals surface area (Å²) in [4.78, 5) is 2.58. The smallest absolute Gasteiger partial charge is 0.0407 e. The first kappa shape index (κ1) is 10.3. The van der Waals surface area contributed by atoms with Crippen molar-refractivity contribution in [3.63, 3.8) is 0 Å². The summed E-state index contributed by atoms with van der Waals surface area (Å²) in [6, 6.07) is 9.76. The number of piperidine rings is 1. The van der Waals surface area contributed by atoms with Gasteiger partial charge < -0.3 is 0 Å². The van der Waals surface area contributed by atoms with Crippen LogP contribution in [0.5, 0.6) is 0 Å². The third-order valence-electron chi connectivity index (χ3n) is 4.80. The molecule has 2 atom stereocenters. The Morgan fingerprint density at radius 1 is 1.38 bits per heavy atom. The van der Waals surface area contributed by atoms with E-state index in [0.717, 1.165) is 0 Å². The summed E-state index contributed by atoms with van der Waals surface area (Å²) in [6.07, 6.45) is 5.40. The maximum absolute atomic E-state index is 2.58. The molecule has 3 rings (SSSR count). The number of hydrogen-bond donors (Lipinski definition) is 0. The Bertz CT molecular complexity index is 398. The molecule has 2 aliphatic rings. The van der Waals surface area contributed by atoms with Crippen LogP contribution in [0.4, 0.5) is 0 Å². The van der Waals surface area contributed by atoms with Crippen LogP contribution >= 0.6 is 0 Å². The van der Waals surface area contributed by atoms with Crippen molar-refractivity contribution in [1.82, 2.24) is 4.90 Å². The highest BCUT2D eigenvalue weighted by Crippen LogP contribution is 2.55. The molecule has 86 valence electrons. The number of likely N-dealkylation sites (tertiary alicyclic amines) is 1. The van der Waals surface area contributed by atoms with Crippen LogP contribution in [0.25, 0.3) is 0 Å². The van der Waals surface area contributed by atoms with Gasteiger partial charge in [0.1, 0.15) is 0 Å². The van der Waals surface area contributed by atoms with Gasteiger partial charge in [-0.1, -0.05) is 31.2 Å². The summed E-state index contributed by atoms with van der Waals surface area (Å²) in [6.45, 7) is 3.64. The van der Waals surface area contributed by atoms with Crippen LogP contribution in [0.15, 0.2) is 24.3 Å². The van der Waals surface area contributed by atoms with Gasteiger partial charge >= 0.3 is 0 Å². The number of hydrogen-bond acceptors (Lipinski definition) is 1. The molecule has 16 heavy (non-hydrogen) atoms. The Morgan fingerprint density at radius 2 is 2.19 bits per heavy atom. The standard InChI is InChI=1S/C15H21N/c1-3-15-9-6-10-16(2)14(15)13-8-5-4-7-12(13)11-15/h4-5,7-8,14H,3,6,9-11H2,1-2H3/t14-,15+/m0/s1. The van der Waals surface area contributed by atoms with Gasteiger partial charge in [0.15, 0.2) is 0 Å². The van der Waals surface area contributed by atoms with Gasteiger partial charge in [-0.2, -0.15) is 0 Å². The second-order valence-corrected chi connectivity index (χ2v) is 5.58. The summed E-state index contributed by atoms with van der Waals surface area (Å²) >= 11 is 0. The zero-order chi connectivity index (χ0) is 11.2. The summed E-state index contributed by atoms with van der Waals surface area (Å²) in [5.74, 6) is 0. The molecule has 1 nitrogen and oxygen atoms in total. The second-order valence-electron chi connectivity index (χ2n) is 5.58. The monoisotopic (exact) mass is 215 g/mol. The fourth-order valence-electron chi connectivity index (χ4n) is 4.00. The molecule has 1 fully saturated rings. The molecule has 0 unspecified atom stereocenters. The lowest BCUT2D eigenvalue weighted by atomic mass is 9.72. The fourth-order valence-corrected chi connectivity index (χ4v) is 4.00. The molecule has 0 aromatic heterocycles. The molecule has 1 heteroatoms. The Kier molecular flexibility index (Phi) is 2.32. The van der Waals surface area contributed by atoms with E-state index in [1.54, 1.807) is 11.1 Å². The van der Waals surface area contributed by atoms with Crippen molar-refractivity contribution in [2.24, 2.45) is 5.41 Å². The zero-order valence-electron chi connectivity index (χ0n) is 10.4. The summed E-state index contributed by atoms with van der Waals surface area (Å²) in [5.41, 5.74) is 3.74. The quantitative estimate of drug-likeness (QED) is 0.694. The minimum atomic E-state index is 0.538. The SMILES string of the molecule is CC[C@]12CCCN(C)[C@H]1c1ccccc1C2. The van der Waals surface area contributed by atoms with Crippen LogP contribution in [-0.4, -0.2) is 18.5 Å². The van der Waals surface area contributed by atoms with Gasteiger partial charge in [-0.25, -0.2) is 0 Å². The summed E-state index contributed by atoms with van der Waals surface area (Å²) < 4.78 is 0. The van der Waals surface area contributed by atoms with E-state index >= 15 is 0 Å². The van der Waals surface area contributed by atoms with Gasteiger partial charge in [-0.15, -0.1) is 0 Å². The Morgan fingerprint density at radius 3 is 3.00 bits per heavy atom. The minimum absolute atomic E-state index is 0.538. The average molecular weight is 215 g/mol.